The van der Waals surface area contributed by atoms with Crippen molar-refractivity contribution >= 4 is 17.9 Å². The van der Waals surface area contributed by atoms with Gasteiger partial charge in [0.05, 0.1) is 25.0 Å². The van der Waals surface area contributed by atoms with Crippen molar-refractivity contribution in [3.05, 3.63) is 35.9 Å². The molecule has 4 atom stereocenters. The molecule has 1 aromatic carbocycles. The zero-order valence-electron chi connectivity index (χ0n) is 14.7. The van der Waals surface area contributed by atoms with Crippen molar-refractivity contribution in [3.8, 4) is 0 Å². The van der Waals surface area contributed by atoms with Crippen LogP contribution in [0.25, 0.3) is 0 Å². The molecule has 0 amide bonds. The van der Waals surface area contributed by atoms with Crippen LogP contribution in [-0.2, 0) is 19.1 Å². The molecule has 2 fully saturated rings. The van der Waals surface area contributed by atoms with Crippen LogP contribution >= 0.6 is 0 Å². The molecule has 3 rings (SSSR count). The van der Waals surface area contributed by atoms with Gasteiger partial charge in [0.1, 0.15) is 6.10 Å². The Hall–Kier alpha value is -2.41. The maximum atomic E-state index is 12.4. The van der Waals surface area contributed by atoms with Crippen LogP contribution in [0.5, 0.6) is 0 Å². The number of hydrogen-bond acceptors (Lipinski definition) is 6. The van der Waals surface area contributed by atoms with Gasteiger partial charge in [-0.2, -0.15) is 0 Å². The first-order chi connectivity index (χ1) is 12.5. The summed E-state index contributed by atoms with van der Waals surface area (Å²) in [5.41, 5.74) is 0.495. The minimum Gasteiger partial charge on any atom is -0.481 e. The van der Waals surface area contributed by atoms with Gasteiger partial charge in [0, 0.05) is 18.0 Å². The van der Waals surface area contributed by atoms with Gasteiger partial charge in [0.2, 0.25) is 0 Å². The molecule has 2 bridgehead atoms. The molecule has 7 nitrogen and oxygen atoms in total. The molecule has 7 heteroatoms. The van der Waals surface area contributed by atoms with E-state index in [0.29, 0.717) is 5.56 Å². The molecule has 1 aromatic rings. The van der Waals surface area contributed by atoms with Crippen molar-refractivity contribution in [1.82, 2.24) is 4.90 Å². The van der Waals surface area contributed by atoms with Crippen LogP contribution in [0, 0.1) is 5.92 Å². The first kappa shape index (κ1) is 18.4. The highest BCUT2D eigenvalue weighted by Crippen LogP contribution is 2.42. The maximum Gasteiger partial charge on any atom is 0.338 e. The van der Waals surface area contributed by atoms with Crippen LogP contribution in [0.1, 0.15) is 36.0 Å². The number of esters is 2. The van der Waals surface area contributed by atoms with E-state index in [9.17, 15) is 14.4 Å². The van der Waals surface area contributed by atoms with Crippen LogP contribution in [0.15, 0.2) is 30.3 Å². The molecular weight excluding hydrogens is 338 g/mol. The summed E-state index contributed by atoms with van der Waals surface area (Å²) in [7, 11) is 2.00. The highest BCUT2D eigenvalue weighted by Gasteiger charge is 2.53. The Morgan fingerprint density at radius 2 is 1.81 bits per heavy atom. The predicted molar refractivity (Wildman–Crippen MR) is 91.5 cm³/mol. The van der Waals surface area contributed by atoms with Gasteiger partial charge in [-0.1, -0.05) is 18.2 Å². The third-order valence-corrected chi connectivity index (χ3v) is 5.33. The quantitative estimate of drug-likeness (QED) is 0.739. The van der Waals surface area contributed by atoms with Crippen LogP contribution in [0.4, 0.5) is 0 Å². The molecule has 2 aliphatic rings. The summed E-state index contributed by atoms with van der Waals surface area (Å²) in [6.45, 7) is 0.136. The van der Waals surface area contributed by atoms with Gasteiger partial charge in [-0.15, -0.1) is 0 Å². The first-order valence-electron chi connectivity index (χ1n) is 8.82. The number of fused-ring (bicyclic) bond motifs is 2. The molecule has 1 N–H and O–H groups in total. The number of benzene rings is 1. The standard InChI is InChI=1S/C19H23NO6/c1-20-14-7-8-15(20)18(26-19(24)12-5-3-2-4-6-12)13(14)11-25-17(23)10-9-16(21)22/h2-6,13-15,18H,7-11H2,1H3,(H,21,22). The molecular formula is C19H23NO6. The number of ether oxygens (including phenoxy) is 2. The Morgan fingerprint density at radius 3 is 2.50 bits per heavy atom. The molecule has 2 saturated heterocycles. The molecule has 140 valence electrons. The van der Waals surface area contributed by atoms with E-state index in [1.165, 1.54) is 0 Å². The van der Waals surface area contributed by atoms with Crippen LogP contribution < -0.4 is 0 Å². The van der Waals surface area contributed by atoms with Gasteiger partial charge in [-0.25, -0.2) is 4.79 Å². The molecule has 2 aliphatic heterocycles. The maximum absolute atomic E-state index is 12.4. The number of carboxylic acids is 1. The fourth-order valence-electron chi connectivity index (χ4n) is 4.02. The minimum absolute atomic E-state index is 0.0970. The molecule has 4 unspecified atom stereocenters. The van der Waals surface area contributed by atoms with Crippen LogP contribution in [0.3, 0.4) is 0 Å². The number of aliphatic carboxylic acids is 1. The van der Waals surface area contributed by atoms with Crippen molar-refractivity contribution in [3.63, 3.8) is 0 Å². The smallest absolute Gasteiger partial charge is 0.338 e. The van der Waals surface area contributed by atoms with E-state index in [1.54, 1.807) is 24.3 Å². The van der Waals surface area contributed by atoms with Crippen LogP contribution in [0.2, 0.25) is 0 Å². The highest BCUT2D eigenvalue weighted by molar-refractivity contribution is 5.89. The Labute approximate surface area is 151 Å². The van der Waals surface area contributed by atoms with Gasteiger partial charge < -0.3 is 14.6 Å². The minimum atomic E-state index is -1.03. The third-order valence-electron chi connectivity index (χ3n) is 5.33. The summed E-state index contributed by atoms with van der Waals surface area (Å²) in [4.78, 5) is 36.9. The van der Waals surface area contributed by atoms with Crippen molar-refractivity contribution < 1.29 is 29.0 Å². The SMILES string of the molecule is CN1C2CCC1C(OC(=O)c1ccccc1)C2COC(=O)CCC(=O)O. The lowest BCUT2D eigenvalue weighted by Crippen LogP contribution is -2.39. The second-order valence-electron chi connectivity index (χ2n) is 6.85. The van der Waals surface area contributed by atoms with Gasteiger partial charge in [-0.3, -0.25) is 14.5 Å². The molecule has 0 saturated carbocycles. The Bertz CT molecular complexity index is 676. The van der Waals surface area contributed by atoms with E-state index in [2.05, 4.69) is 4.90 Å². The van der Waals surface area contributed by atoms with Gasteiger partial charge in [0.15, 0.2) is 0 Å². The van der Waals surface area contributed by atoms with E-state index in [0.717, 1.165) is 12.8 Å². The van der Waals surface area contributed by atoms with E-state index in [-0.39, 0.29) is 49.5 Å². The van der Waals surface area contributed by atoms with Gasteiger partial charge >= 0.3 is 17.9 Å². The Kier molecular flexibility index (Phi) is 5.56. The van der Waals surface area contributed by atoms with Crippen LogP contribution in [-0.4, -0.2) is 59.8 Å². The van der Waals surface area contributed by atoms with Crippen molar-refractivity contribution in [2.45, 2.75) is 43.9 Å². The molecule has 0 radical (unpaired) electrons. The number of likely N-dealkylation sites (N-methyl/N-ethyl adjacent to an activating group) is 1. The fourth-order valence-corrected chi connectivity index (χ4v) is 4.02. The summed E-state index contributed by atoms with van der Waals surface area (Å²) in [6.07, 6.45) is 1.18. The zero-order valence-corrected chi connectivity index (χ0v) is 14.7. The Balaban J connectivity index is 1.62. The summed E-state index contributed by atoms with van der Waals surface area (Å²) >= 11 is 0. The van der Waals surface area contributed by atoms with Crippen molar-refractivity contribution in [1.29, 1.82) is 0 Å². The largest absolute Gasteiger partial charge is 0.481 e. The normalized spacial score (nSPS) is 27.3. The topological polar surface area (TPSA) is 93.1 Å². The molecule has 0 aliphatic carbocycles. The van der Waals surface area contributed by atoms with Gasteiger partial charge in [-0.05, 0) is 32.0 Å². The second kappa shape index (κ2) is 7.86. The molecule has 0 aromatic heterocycles. The Morgan fingerprint density at radius 1 is 1.12 bits per heavy atom. The summed E-state index contributed by atoms with van der Waals surface area (Å²) in [6, 6.07) is 9.13. The number of rotatable bonds is 7. The zero-order chi connectivity index (χ0) is 18.7. The van der Waals surface area contributed by atoms with E-state index in [4.69, 9.17) is 14.6 Å². The summed E-state index contributed by atoms with van der Waals surface area (Å²) < 4.78 is 11.1. The number of hydrogen-bond donors (Lipinski definition) is 1. The second-order valence-corrected chi connectivity index (χ2v) is 6.85. The lowest BCUT2D eigenvalue weighted by Gasteiger charge is -2.28. The van der Waals surface area contributed by atoms with Gasteiger partial charge in [0.25, 0.3) is 0 Å². The number of carbonyl (C=O) groups excluding carboxylic acids is 2. The lowest BCUT2D eigenvalue weighted by molar-refractivity contribution is -0.149. The summed E-state index contributed by atoms with van der Waals surface area (Å²) in [5, 5.41) is 8.64. The fraction of sp³-hybridized carbons (Fsp3) is 0.526. The van der Waals surface area contributed by atoms with E-state index >= 15 is 0 Å². The number of nitrogens with zero attached hydrogens (tertiary/aromatic N) is 1. The third kappa shape index (κ3) is 3.88. The average molecular weight is 361 g/mol. The first-order valence-corrected chi connectivity index (χ1v) is 8.82. The average Bonchev–Trinajstić information content (AvgIpc) is 3.12. The van der Waals surface area contributed by atoms with Crippen molar-refractivity contribution in [2.24, 2.45) is 5.92 Å². The van der Waals surface area contributed by atoms with E-state index in [1.807, 2.05) is 13.1 Å². The number of carboxylic acid groups (broad SMARTS) is 1. The monoisotopic (exact) mass is 361 g/mol. The molecule has 2 heterocycles. The van der Waals surface area contributed by atoms with Crippen molar-refractivity contribution in [2.75, 3.05) is 13.7 Å². The summed E-state index contributed by atoms with van der Waals surface area (Å²) in [5.74, 6) is -2.04. The number of carbonyl (C=O) groups is 3. The molecule has 0 spiro atoms. The predicted octanol–water partition coefficient (Wildman–Crippen LogP) is 1.71. The lowest BCUT2D eigenvalue weighted by atomic mass is 9.87. The highest BCUT2D eigenvalue weighted by atomic mass is 16.6. The molecule has 26 heavy (non-hydrogen) atoms. The van der Waals surface area contributed by atoms with E-state index < -0.39 is 11.9 Å².